The van der Waals surface area contributed by atoms with Crippen LogP contribution >= 0.6 is 0 Å². The smallest absolute Gasteiger partial charge is 0.320 e. The van der Waals surface area contributed by atoms with Gasteiger partial charge in [-0.3, -0.25) is 9.69 Å². The van der Waals surface area contributed by atoms with Gasteiger partial charge in [0.15, 0.2) is 0 Å². The predicted octanol–water partition coefficient (Wildman–Crippen LogP) is 3.28. The van der Waals surface area contributed by atoms with Gasteiger partial charge in [-0.1, -0.05) is 39.0 Å². The summed E-state index contributed by atoms with van der Waals surface area (Å²) in [6.45, 7) is 3.26. The summed E-state index contributed by atoms with van der Waals surface area (Å²) in [7, 11) is 0. The van der Waals surface area contributed by atoms with Gasteiger partial charge in [-0.15, -0.1) is 0 Å². The van der Waals surface area contributed by atoms with Crippen molar-refractivity contribution in [3.8, 4) is 0 Å². The summed E-state index contributed by atoms with van der Waals surface area (Å²) in [6, 6.07) is 0.313. The van der Waals surface area contributed by atoms with Crippen LogP contribution in [0.1, 0.15) is 64.7 Å². The number of carboxylic acids is 1. The van der Waals surface area contributed by atoms with Crippen LogP contribution in [0.4, 0.5) is 0 Å². The van der Waals surface area contributed by atoms with Crippen LogP contribution in [-0.4, -0.2) is 34.6 Å². The highest BCUT2D eigenvalue weighted by atomic mass is 16.4. The number of rotatable bonds is 3. The Hall–Kier alpha value is -0.570. The molecule has 3 nitrogen and oxygen atoms in total. The number of nitrogens with zero attached hydrogens (tertiary/aromatic N) is 1. The zero-order valence-electron chi connectivity index (χ0n) is 11.6. The Bertz CT molecular complexity index is 280. The van der Waals surface area contributed by atoms with E-state index in [1.54, 1.807) is 0 Å². The van der Waals surface area contributed by atoms with Crippen LogP contribution in [0.5, 0.6) is 0 Å². The molecule has 0 spiro atoms. The van der Waals surface area contributed by atoms with Crippen molar-refractivity contribution in [2.24, 2.45) is 5.92 Å². The summed E-state index contributed by atoms with van der Waals surface area (Å²) in [5.41, 5.74) is 0. The van der Waals surface area contributed by atoms with E-state index in [0.29, 0.717) is 6.04 Å². The van der Waals surface area contributed by atoms with Gasteiger partial charge in [-0.25, -0.2) is 0 Å². The molecule has 1 heterocycles. The number of aliphatic carboxylic acids is 1. The number of hydrogen-bond acceptors (Lipinski definition) is 2. The Morgan fingerprint density at radius 2 is 1.83 bits per heavy atom. The summed E-state index contributed by atoms with van der Waals surface area (Å²) < 4.78 is 0. The molecule has 2 fully saturated rings. The van der Waals surface area contributed by atoms with E-state index < -0.39 is 5.97 Å². The fourth-order valence-corrected chi connectivity index (χ4v) is 3.89. The molecular formula is C15H27NO2. The third kappa shape index (κ3) is 3.05. The van der Waals surface area contributed by atoms with Crippen molar-refractivity contribution in [2.45, 2.75) is 76.8 Å². The largest absolute Gasteiger partial charge is 0.480 e. The van der Waals surface area contributed by atoms with E-state index in [1.165, 1.54) is 44.9 Å². The second-order valence-corrected chi connectivity index (χ2v) is 5.96. The molecule has 1 saturated heterocycles. The quantitative estimate of drug-likeness (QED) is 0.839. The van der Waals surface area contributed by atoms with E-state index in [2.05, 4.69) is 11.8 Å². The minimum absolute atomic E-state index is 0.218. The molecule has 0 aromatic rings. The Morgan fingerprint density at radius 1 is 1.11 bits per heavy atom. The number of carbonyl (C=O) groups is 1. The van der Waals surface area contributed by atoms with E-state index in [9.17, 15) is 9.90 Å². The van der Waals surface area contributed by atoms with Crippen molar-refractivity contribution in [1.29, 1.82) is 0 Å². The Morgan fingerprint density at radius 3 is 2.56 bits per heavy atom. The lowest BCUT2D eigenvalue weighted by Crippen LogP contribution is -2.50. The van der Waals surface area contributed by atoms with Gasteiger partial charge in [-0.2, -0.15) is 0 Å². The molecule has 3 unspecified atom stereocenters. The molecule has 18 heavy (non-hydrogen) atoms. The molecule has 0 aromatic heterocycles. The zero-order chi connectivity index (χ0) is 13.0. The maximum absolute atomic E-state index is 11.5. The van der Waals surface area contributed by atoms with Crippen LogP contribution in [0.15, 0.2) is 0 Å². The summed E-state index contributed by atoms with van der Waals surface area (Å²) in [5, 5.41) is 9.48. The summed E-state index contributed by atoms with van der Waals surface area (Å²) in [6.07, 6.45) is 10.6. The lowest BCUT2D eigenvalue weighted by atomic mass is 9.81. The van der Waals surface area contributed by atoms with Crippen LogP contribution in [-0.2, 0) is 4.79 Å². The van der Waals surface area contributed by atoms with Gasteiger partial charge < -0.3 is 5.11 Å². The van der Waals surface area contributed by atoms with Crippen LogP contribution in [0.25, 0.3) is 0 Å². The first-order chi connectivity index (χ1) is 8.74. The van der Waals surface area contributed by atoms with Gasteiger partial charge in [0.2, 0.25) is 0 Å². The first-order valence-electron chi connectivity index (χ1n) is 7.72. The first-order valence-corrected chi connectivity index (χ1v) is 7.72. The van der Waals surface area contributed by atoms with Gasteiger partial charge in [0.25, 0.3) is 0 Å². The maximum Gasteiger partial charge on any atom is 0.320 e. The monoisotopic (exact) mass is 253 g/mol. The molecule has 0 aromatic carbocycles. The highest BCUT2D eigenvalue weighted by molar-refractivity contribution is 5.73. The average molecular weight is 253 g/mol. The fourth-order valence-electron chi connectivity index (χ4n) is 3.89. The summed E-state index contributed by atoms with van der Waals surface area (Å²) in [5.74, 6) is 0.121. The highest BCUT2D eigenvalue weighted by Crippen LogP contribution is 2.33. The van der Waals surface area contributed by atoms with E-state index in [-0.39, 0.29) is 6.04 Å². The number of likely N-dealkylation sites (tertiary alicyclic amines) is 1. The van der Waals surface area contributed by atoms with Gasteiger partial charge in [0.05, 0.1) is 0 Å². The molecule has 2 aliphatic rings. The van der Waals surface area contributed by atoms with Crippen molar-refractivity contribution in [3.63, 3.8) is 0 Å². The first kappa shape index (κ1) is 13.9. The van der Waals surface area contributed by atoms with Crippen LogP contribution in [0.3, 0.4) is 0 Å². The molecule has 2 rings (SSSR count). The van der Waals surface area contributed by atoms with E-state index in [1.807, 2.05) is 0 Å². The Labute approximate surface area is 111 Å². The van der Waals surface area contributed by atoms with Gasteiger partial charge >= 0.3 is 5.97 Å². The predicted molar refractivity (Wildman–Crippen MR) is 72.6 cm³/mol. The normalized spacial score (nSPS) is 35.1. The molecule has 0 radical (unpaired) electrons. The molecule has 3 atom stereocenters. The van der Waals surface area contributed by atoms with Crippen molar-refractivity contribution in [2.75, 3.05) is 6.54 Å². The standard InChI is InChI=1S/C15H27NO2/c1-2-12-8-5-6-9-13(12)16-11-7-3-4-10-14(16)15(17)18/h12-14H,2-11H2,1H3,(H,17,18). The second-order valence-electron chi connectivity index (χ2n) is 5.96. The number of carboxylic acid groups (broad SMARTS) is 1. The topological polar surface area (TPSA) is 40.5 Å². The highest BCUT2D eigenvalue weighted by Gasteiger charge is 2.36. The zero-order valence-corrected chi connectivity index (χ0v) is 11.6. The van der Waals surface area contributed by atoms with Crippen molar-refractivity contribution in [1.82, 2.24) is 4.90 Å². The summed E-state index contributed by atoms with van der Waals surface area (Å²) >= 11 is 0. The maximum atomic E-state index is 11.5. The second kappa shape index (κ2) is 6.55. The molecule has 1 aliphatic heterocycles. The van der Waals surface area contributed by atoms with Crippen molar-refractivity contribution >= 4 is 5.97 Å². The minimum atomic E-state index is -0.600. The van der Waals surface area contributed by atoms with Crippen LogP contribution in [0, 0.1) is 5.92 Å². The molecule has 104 valence electrons. The van der Waals surface area contributed by atoms with E-state index in [4.69, 9.17) is 0 Å². The lowest BCUT2D eigenvalue weighted by molar-refractivity contribution is -0.145. The molecule has 0 amide bonds. The van der Waals surface area contributed by atoms with Crippen molar-refractivity contribution < 1.29 is 9.90 Å². The Kier molecular flexibility index (Phi) is 5.04. The Balaban J connectivity index is 2.12. The molecular weight excluding hydrogens is 226 g/mol. The molecule has 0 bridgehead atoms. The third-order valence-corrected chi connectivity index (χ3v) is 4.90. The summed E-state index contributed by atoms with van der Waals surface area (Å²) in [4.78, 5) is 13.9. The van der Waals surface area contributed by atoms with E-state index >= 15 is 0 Å². The SMILES string of the molecule is CCC1CCCCC1N1CCCCCC1C(=O)O. The number of hydrogen-bond donors (Lipinski definition) is 1. The van der Waals surface area contributed by atoms with Crippen LogP contribution in [0.2, 0.25) is 0 Å². The van der Waals surface area contributed by atoms with Gasteiger partial charge in [0.1, 0.15) is 6.04 Å². The molecule has 3 heteroatoms. The lowest BCUT2D eigenvalue weighted by Gasteiger charge is -2.42. The molecule has 1 saturated carbocycles. The minimum Gasteiger partial charge on any atom is -0.480 e. The fraction of sp³-hybridized carbons (Fsp3) is 0.933. The van der Waals surface area contributed by atoms with Crippen LogP contribution < -0.4 is 0 Å². The third-order valence-electron chi connectivity index (χ3n) is 4.90. The van der Waals surface area contributed by atoms with Crippen molar-refractivity contribution in [3.05, 3.63) is 0 Å². The van der Waals surface area contributed by atoms with Gasteiger partial charge in [0, 0.05) is 6.04 Å². The molecule has 1 N–H and O–H groups in total. The van der Waals surface area contributed by atoms with Gasteiger partial charge in [-0.05, 0) is 38.1 Å². The van der Waals surface area contributed by atoms with E-state index in [0.717, 1.165) is 25.3 Å². The average Bonchev–Trinajstić information content (AvgIpc) is 2.64. The molecule has 1 aliphatic carbocycles.